The molecule has 2 N–H and O–H groups in total. The van der Waals surface area contributed by atoms with Crippen LogP contribution in [0.3, 0.4) is 0 Å². The number of hydrogen-bond donors (Lipinski definition) is 2. The van der Waals surface area contributed by atoms with Gasteiger partial charge in [-0.25, -0.2) is 17.5 Å². The van der Waals surface area contributed by atoms with Gasteiger partial charge in [-0.2, -0.15) is 0 Å². The van der Waals surface area contributed by atoms with E-state index in [1.807, 2.05) is 0 Å². The van der Waals surface area contributed by atoms with Gasteiger partial charge < -0.3 is 15.4 Å². The molecule has 2 aromatic carbocycles. The molecule has 0 spiro atoms. The number of sulfonamides is 1. The summed E-state index contributed by atoms with van der Waals surface area (Å²) >= 11 is 0. The molecule has 0 aliphatic rings. The zero-order valence-electron chi connectivity index (χ0n) is 16.1. The first-order valence-corrected chi connectivity index (χ1v) is 9.91. The average Bonchev–Trinajstić information content (AvgIpc) is 2.66. The van der Waals surface area contributed by atoms with E-state index in [-0.39, 0.29) is 16.4 Å². The fraction of sp³-hybridized carbons (Fsp3) is 0.211. The Morgan fingerprint density at radius 3 is 2.10 bits per heavy atom. The predicted molar refractivity (Wildman–Crippen MR) is 107 cm³/mol. The summed E-state index contributed by atoms with van der Waals surface area (Å²) in [5.41, 5.74) is 1.05. The second-order valence-corrected chi connectivity index (χ2v) is 8.35. The Morgan fingerprint density at radius 2 is 1.55 bits per heavy atom. The van der Waals surface area contributed by atoms with E-state index in [9.17, 15) is 22.8 Å². The molecule has 0 unspecified atom stereocenters. The first kappa shape index (κ1) is 22.1. The number of anilines is 2. The van der Waals surface area contributed by atoms with Gasteiger partial charge in [0.1, 0.15) is 0 Å². The van der Waals surface area contributed by atoms with Gasteiger partial charge in [-0.15, -0.1) is 0 Å². The lowest BCUT2D eigenvalue weighted by Gasteiger charge is -2.11. The molecule has 0 aliphatic carbocycles. The molecule has 0 aromatic heterocycles. The summed E-state index contributed by atoms with van der Waals surface area (Å²) in [6.45, 7) is 0.841. The third-order valence-electron chi connectivity index (χ3n) is 3.67. The van der Waals surface area contributed by atoms with E-state index < -0.39 is 28.5 Å². The van der Waals surface area contributed by atoms with Gasteiger partial charge in [0.05, 0.1) is 10.5 Å². The summed E-state index contributed by atoms with van der Waals surface area (Å²) in [6.07, 6.45) is 0. The third kappa shape index (κ3) is 6.13. The van der Waals surface area contributed by atoms with Crippen molar-refractivity contribution in [1.29, 1.82) is 0 Å². The van der Waals surface area contributed by atoms with E-state index in [1.54, 1.807) is 24.3 Å². The minimum Gasteiger partial charge on any atom is -0.452 e. The molecule has 0 heterocycles. The number of esters is 1. The third-order valence-corrected chi connectivity index (χ3v) is 5.50. The van der Waals surface area contributed by atoms with Crippen molar-refractivity contribution >= 4 is 39.2 Å². The van der Waals surface area contributed by atoms with Crippen LogP contribution in [-0.2, 0) is 24.3 Å². The molecule has 0 saturated carbocycles. The number of nitrogens with zero attached hydrogens (tertiary/aromatic N) is 1. The molecule has 0 bridgehead atoms. The van der Waals surface area contributed by atoms with Crippen molar-refractivity contribution in [1.82, 2.24) is 4.31 Å². The first-order valence-electron chi connectivity index (χ1n) is 8.47. The van der Waals surface area contributed by atoms with Gasteiger partial charge in [0, 0.05) is 32.4 Å². The van der Waals surface area contributed by atoms with E-state index in [4.69, 9.17) is 4.74 Å². The number of carbonyl (C=O) groups is 3. The lowest BCUT2D eigenvalue weighted by molar-refractivity contribution is -0.119. The van der Waals surface area contributed by atoms with Crippen LogP contribution in [0.1, 0.15) is 17.3 Å². The van der Waals surface area contributed by atoms with Crippen LogP contribution in [0.25, 0.3) is 0 Å². The number of rotatable bonds is 7. The SMILES string of the molecule is CC(=O)Nc1cccc(NC(=O)COC(=O)c2ccc(S(=O)(=O)N(C)C)cc2)c1. The van der Waals surface area contributed by atoms with Gasteiger partial charge in [0.25, 0.3) is 5.91 Å². The van der Waals surface area contributed by atoms with Crippen molar-refractivity contribution < 1.29 is 27.5 Å². The Balaban J connectivity index is 1.93. The fourth-order valence-corrected chi connectivity index (χ4v) is 3.16. The molecule has 2 aromatic rings. The van der Waals surface area contributed by atoms with Crippen LogP contribution in [0.2, 0.25) is 0 Å². The van der Waals surface area contributed by atoms with E-state index in [2.05, 4.69) is 10.6 Å². The number of ether oxygens (including phenoxy) is 1. The second-order valence-electron chi connectivity index (χ2n) is 6.20. The van der Waals surface area contributed by atoms with Crippen LogP contribution < -0.4 is 10.6 Å². The number of nitrogens with one attached hydrogen (secondary N) is 2. The molecule has 2 rings (SSSR count). The van der Waals surface area contributed by atoms with Crippen LogP contribution in [0.15, 0.2) is 53.4 Å². The number of amides is 2. The zero-order valence-corrected chi connectivity index (χ0v) is 16.9. The molecular formula is C19H21N3O6S. The van der Waals surface area contributed by atoms with Gasteiger partial charge in [0.2, 0.25) is 15.9 Å². The number of benzene rings is 2. The molecule has 0 atom stereocenters. The Labute approximate surface area is 168 Å². The van der Waals surface area contributed by atoms with Crippen LogP contribution in [0, 0.1) is 0 Å². The highest BCUT2D eigenvalue weighted by molar-refractivity contribution is 7.89. The Hall–Kier alpha value is -3.24. The number of carbonyl (C=O) groups excluding carboxylic acids is 3. The maximum atomic E-state index is 12.1. The largest absolute Gasteiger partial charge is 0.452 e. The summed E-state index contributed by atoms with van der Waals surface area (Å²) in [7, 11) is -0.791. The molecule has 0 fully saturated rings. The standard InChI is InChI=1S/C19H21N3O6S/c1-13(23)20-15-5-4-6-16(11-15)21-18(24)12-28-19(25)14-7-9-17(10-8-14)29(26,27)22(2)3/h4-11H,12H2,1-3H3,(H,20,23)(H,21,24). The Kier molecular flexibility index (Phi) is 7.08. The van der Waals surface area contributed by atoms with Crippen LogP contribution in [0.4, 0.5) is 11.4 Å². The van der Waals surface area contributed by atoms with Crippen molar-refractivity contribution in [2.75, 3.05) is 31.3 Å². The monoisotopic (exact) mass is 419 g/mol. The summed E-state index contributed by atoms with van der Waals surface area (Å²) in [5.74, 6) is -1.57. The lowest BCUT2D eigenvalue weighted by atomic mass is 10.2. The van der Waals surface area contributed by atoms with E-state index in [0.717, 1.165) is 4.31 Å². The lowest BCUT2D eigenvalue weighted by Crippen LogP contribution is -2.22. The maximum Gasteiger partial charge on any atom is 0.338 e. The summed E-state index contributed by atoms with van der Waals surface area (Å²) in [6, 6.07) is 11.7. The average molecular weight is 419 g/mol. The van der Waals surface area contributed by atoms with Gasteiger partial charge in [-0.05, 0) is 42.5 Å². The van der Waals surface area contributed by atoms with Crippen molar-refractivity contribution in [2.45, 2.75) is 11.8 Å². The van der Waals surface area contributed by atoms with E-state index in [1.165, 1.54) is 45.3 Å². The van der Waals surface area contributed by atoms with E-state index >= 15 is 0 Å². The highest BCUT2D eigenvalue weighted by Crippen LogP contribution is 2.16. The smallest absolute Gasteiger partial charge is 0.338 e. The molecule has 0 aliphatic heterocycles. The Bertz CT molecular complexity index is 1020. The molecule has 154 valence electrons. The minimum atomic E-state index is -3.60. The van der Waals surface area contributed by atoms with Crippen LogP contribution >= 0.6 is 0 Å². The zero-order chi connectivity index (χ0) is 21.6. The normalized spacial score (nSPS) is 11.0. The molecule has 0 saturated heterocycles. The van der Waals surface area contributed by atoms with E-state index in [0.29, 0.717) is 11.4 Å². The molecule has 9 nitrogen and oxygen atoms in total. The van der Waals surface area contributed by atoms with Crippen molar-refractivity contribution in [3.8, 4) is 0 Å². The molecule has 29 heavy (non-hydrogen) atoms. The van der Waals surface area contributed by atoms with Gasteiger partial charge in [0.15, 0.2) is 6.61 Å². The summed E-state index contributed by atoms with van der Waals surface area (Å²) in [4.78, 5) is 35.2. The molecule has 10 heteroatoms. The molecule has 2 amide bonds. The number of hydrogen-bond acceptors (Lipinski definition) is 6. The summed E-state index contributed by atoms with van der Waals surface area (Å²) in [5, 5.41) is 5.14. The van der Waals surface area contributed by atoms with Crippen LogP contribution in [-0.4, -0.2) is 51.2 Å². The molecular weight excluding hydrogens is 398 g/mol. The topological polar surface area (TPSA) is 122 Å². The van der Waals surface area contributed by atoms with Crippen molar-refractivity contribution in [3.05, 3.63) is 54.1 Å². The van der Waals surface area contributed by atoms with Crippen molar-refractivity contribution in [2.24, 2.45) is 0 Å². The van der Waals surface area contributed by atoms with Crippen molar-refractivity contribution in [3.63, 3.8) is 0 Å². The maximum absolute atomic E-state index is 12.1. The highest BCUT2D eigenvalue weighted by atomic mass is 32.2. The first-order chi connectivity index (χ1) is 13.6. The highest BCUT2D eigenvalue weighted by Gasteiger charge is 2.18. The van der Waals surface area contributed by atoms with Gasteiger partial charge in [-0.1, -0.05) is 6.07 Å². The quantitative estimate of drug-likeness (QED) is 0.659. The second kappa shape index (κ2) is 9.30. The Morgan fingerprint density at radius 1 is 0.966 bits per heavy atom. The molecule has 0 radical (unpaired) electrons. The summed E-state index contributed by atoms with van der Waals surface area (Å²) < 4.78 is 30.0. The van der Waals surface area contributed by atoms with Crippen LogP contribution in [0.5, 0.6) is 0 Å². The van der Waals surface area contributed by atoms with Gasteiger partial charge in [-0.3, -0.25) is 9.59 Å². The fourth-order valence-electron chi connectivity index (χ4n) is 2.26. The predicted octanol–water partition coefficient (Wildman–Crippen LogP) is 1.69. The minimum absolute atomic E-state index is 0.0378. The van der Waals surface area contributed by atoms with Gasteiger partial charge >= 0.3 is 5.97 Å².